The average molecular weight is 285 g/mol. The highest BCUT2D eigenvalue weighted by molar-refractivity contribution is 6.30. The molecule has 0 heterocycles. The molecule has 0 aliphatic carbocycles. The van der Waals surface area contributed by atoms with E-state index >= 15 is 0 Å². The molecule has 1 aromatic rings. The van der Waals surface area contributed by atoms with Crippen LogP contribution < -0.4 is 5.43 Å². The van der Waals surface area contributed by atoms with Crippen LogP contribution in [0.3, 0.4) is 0 Å². The number of nitriles is 3. The summed E-state index contributed by atoms with van der Waals surface area (Å²) in [6.45, 7) is 0. The lowest BCUT2D eigenvalue weighted by Gasteiger charge is -2.10. The SMILES string of the molecule is CN(C=C(C#N)C#N)/C(C#N)=N\Nc1ccc(Cl)cc1. The van der Waals surface area contributed by atoms with Gasteiger partial charge < -0.3 is 4.90 Å². The Hall–Kier alpha value is -3.01. The van der Waals surface area contributed by atoms with Gasteiger partial charge in [-0.25, -0.2) is 0 Å². The number of rotatable bonds is 3. The van der Waals surface area contributed by atoms with E-state index in [4.69, 9.17) is 27.4 Å². The lowest BCUT2D eigenvalue weighted by molar-refractivity contribution is 0.689. The zero-order valence-corrected chi connectivity index (χ0v) is 11.3. The summed E-state index contributed by atoms with van der Waals surface area (Å²) in [5.74, 6) is 0.00273. The zero-order chi connectivity index (χ0) is 15.0. The first-order valence-electron chi connectivity index (χ1n) is 5.35. The Balaban J connectivity index is 2.86. The van der Waals surface area contributed by atoms with Crippen LogP contribution in [0.25, 0.3) is 0 Å². The molecule has 20 heavy (non-hydrogen) atoms. The maximum atomic E-state index is 9.00. The van der Waals surface area contributed by atoms with Crippen molar-refractivity contribution in [1.29, 1.82) is 15.8 Å². The summed E-state index contributed by atoms with van der Waals surface area (Å²) in [5.41, 5.74) is 3.21. The van der Waals surface area contributed by atoms with Gasteiger partial charge in [-0.1, -0.05) is 11.6 Å². The lowest BCUT2D eigenvalue weighted by atomic mass is 10.3. The standard InChI is InChI=1S/C13H9ClN6/c1-20(9-10(6-15)7-16)13(8-17)19-18-12-4-2-11(14)3-5-12/h2-5,9,18H,1H3/b19-13-. The Morgan fingerprint density at radius 3 is 2.30 bits per heavy atom. The fourth-order valence-electron chi connectivity index (χ4n) is 1.16. The van der Waals surface area contributed by atoms with E-state index in [-0.39, 0.29) is 11.4 Å². The Kier molecular flexibility index (Phi) is 5.59. The molecular weight excluding hydrogens is 276 g/mol. The molecule has 0 amide bonds. The molecule has 0 atom stereocenters. The van der Waals surface area contributed by atoms with Gasteiger partial charge in [-0.05, 0) is 24.3 Å². The smallest absolute Gasteiger partial charge is 0.230 e. The molecule has 0 unspecified atom stereocenters. The maximum Gasteiger partial charge on any atom is 0.230 e. The molecule has 98 valence electrons. The first kappa shape index (κ1) is 15.0. The summed E-state index contributed by atoms with van der Waals surface area (Å²) in [6, 6.07) is 12.0. The van der Waals surface area contributed by atoms with Crippen LogP contribution in [0.2, 0.25) is 5.02 Å². The van der Waals surface area contributed by atoms with Crippen molar-refractivity contribution >= 4 is 23.1 Å². The Morgan fingerprint density at radius 1 is 1.20 bits per heavy atom. The molecule has 0 aliphatic heterocycles. The second kappa shape index (κ2) is 7.43. The van der Waals surface area contributed by atoms with E-state index < -0.39 is 0 Å². The second-order valence-corrected chi connectivity index (χ2v) is 3.98. The normalized spacial score (nSPS) is 9.65. The van der Waals surface area contributed by atoms with Crippen molar-refractivity contribution < 1.29 is 0 Å². The van der Waals surface area contributed by atoms with Gasteiger partial charge in [0.2, 0.25) is 5.84 Å². The topological polar surface area (TPSA) is 99.0 Å². The summed E-state index contributed by atoms with van der Waals surface area (Å²) < 4.78 is 0. The third-order valence-electron chi connectivity index (χ3n) is 2.13. The summed E-state index contributed by atoms with van der Waals surface area (Å²) >= 11 is 5.75. The van der Waals surface area contributed by atoms with Crippen molar-refractivity contribution in [3.63, 3.8) is 0 Å². The Bertz CT molecular complexity index is 638. The number of amidine groups is 1. The van der Waals surface area contributed by atoms with E-state index in [1.54, 1.807) is 36.4 Å². The number of anilines is 1. The molecule has 0 spiro atoms. The predicted molar refractivity (Wildman–Crippen MR) is 75.2 cm³/mol. The van der Waals surface area contributed by atoms with Gasteiger partial charge in [0.05, 0.1) is 5.69 Å². The molecule has 0 radical (unpaired) electrons. The van der Waals surface area contributed by atoms with Gasteiger partial charge in [-0.2, -0.15) is 15.8 Å². The highest BCUT2D eigenvalue weighted by Gasteiger charge is 2.05. The Labute approximate surface area is 121 Å². The first-order valence-corrected chi connectivity index (χ1v) is 5.72. The van der Waals surface area contributed by atoms with Crippen LogP contribution in [0.5, 0.6) is 0 Å². The minimum atomic E-state index is -0.123. The zero-order valence-electron chi connectivity index (χ0n) is 10.5. The van der Waals surface area contributed by atoms with Gasteiger partial charge in [0, 0.05) is 18.3 Å². The molecule has 0 saturated heterocycles. The number of nitrogens with zero attached hydrogens (tertiary/aromatic N) is 5. The number of halogens is 1. The number of hydrogen-bond acceptors (Lipinski definition) is 5. The van der Waals surface area contributed by atoms with Gasteiger partial charge in [-0.3, -0.25) is 5.43 Å². The highest BCUT2D eigenvalue weighted by atomic mass is 35.5. The summed E-state index contributed by atoms with van der Waals surface area (Å²) in [7, 11) is 1.51. The molecule has 6 nitrogen and oxygen atoms in total. The van der Waals surface area contributed by atoms with Gasteiger partial charge >= 0.3 is 0 Å². The third-order valence-corrected chi connectivity index (χ3v) is 2.38. The molecule has 0 aromatic heterocycles. The fraction of sp³-hybridized carbons (Fsp3) is 0.0769. The van der Waals surface area contributed by atoms with Crippen LogP contribution in [0.4, 0.5) is 5.69 Å². The van der Waals surface area contributed by atoms with E-state index in [0.717, 1.165) is 0 Å². The van der Waals surface area contributed by atoms with Gasteiger partial charge in [0.25, 0.3) is 0 Å². The lowest BCUT2D eigenvalue weighted by Crippen LogP contribution is -2.21. The monoisotopic (exact) mass is 284 g/mol. The van der Waals surface area contributed by atoms with E-state index in [0.29, 0.717) is 10.7 Å². The quantitative estimate of drug-likeness (QED) is 0.398. The summed E-state index contributed by atoms with van der Waals surface area (Å²) in [6.07, 6.45) is 1.23. The number of hydrogen-bond donors (Lipinski definition) is 1. The van der Waals surface area contributed by atoms with Crippen LogP contribution in [-0.2, 0) is 0 Å². The minimum absolute atomic E-state index is 0.00273. The molecule has 0 aliphatic rings. The van der Waals surface area contributed by atoms with Crippen molar-refractivity contribution in [2.75, 3.05) is 12.5 Å². The van der Waals surface area contributed by atoms with E-state index in [9.17, 15) is 0 Å². The number of benzene rings is 1. The largest absolute Gasteiger partial charge is 0.324 e. The van der Waals surface area contributed by atoms with Crippen LogP contribution in [0, 0.1) is 34.0 Å². The molecule has 1 rings (SSSR count). The number of hydrazone groups is 1. The molecule has 1 aromatic carbocycles. The van der Waals surface area contributed by atoms with Crippen molar-refractivity contribution in [1.82, 2.24) is 4.90 Å². The number of allylic oxidation sites excluding steroid dienone is 1. The molecule has 0 fully saturated rings. The van der Waals surface area contributed by atoms with E-state index in [1.807, 2.05) is 6.07 Å². The van der Waals surface area contributed by atoms with E-state index in [2.05, 4.69) is 10.5 Å². The van der Waals surface area contributed by atoms with Crippen LogP contribution in [0.1, 0.15) is 0 Å². The predicted octanol–water partition coefficient (Wildman–Crippen LogP) is 2.45. The van der Waals surface area contributed by atoms with E-state index in [1.165, 1.54) is 18.1 Å². The Morgan fingerprint density at radius 2 is 1.80 bits per heavy atom. The average Bonchev–Trinajstić information content (AvgIpc) is 2.47. The van der Waals surface area contributed by atoms with Crippen molar-refractivity contribution in [3.05, 3.63) is 41.1 Å². The van der Waals surface area contributed by atoms with Gasteiger partial charge in [0.15, 0.2) is 0 Å². The summed E-state index contributed by atoms with van der Waals surface area (Å²) in [4.78, 5) is 1.28. The summed E-state index contributed by atoms with van der Waals surface area (Å²) in [5, 5.41) is 30.8. The molecule has 0 bridgehead atoms. The van der Waals surface area contributed by atoms with Crippen LogP contribution in [0.15, 0.2) is 41.1 Å². The first-order chi connectivity index (χ1) is 9.60. The van der Waals surface area contributed by atoms with Crippen molar-refractivity contribution in [2.45, 2.75) is 0 Å². The highest BCUT2D eigenvalue weighted by Crippen LogP contribution is 2.13. The van der Waals surface area contributed by atoms with Crippen molar-refractivity contribution in [3.8, 4) is 18.2 Å². The maximum absolute atomic E-state index is 9.00. The molecule has 0 saturated carbocycles. The number of nitrogens with one attached hydrogen (secondary N) is 1. The van der Waals surface area contributed by atoms with Gasteiger partial charge in [-0.15, -0.1) is 5.10 Å². The minimum Gasteiger partial charge on any atom is -0.324 e. The van der Waals surface area contributed by atoms with Crippen molar-refractivity contribution in [2.24, 2.45) is 5.10 Å². The van der Waals surface area contributed by atoms with Gasteiger partial charge in [0.1, 0.15) is 23.8 Å². The molecule has 1 N–H and O–H groups in total. The fourth-order valence-corrected chi connectivity index (χ4v) is 1.29. The third kappa shape index (κ3) is 4.34. The second-order valence-electron chi connectivity index (χ2n) is 3.54. The molecule has 7 heteroatoms. The molecular formula is C13H9ClN6. The van der Waals surface area contributed by atoms with Crippen LogP contribution in [-0.4, -0.2) is 17.8 Å². The van der Waals surface area contributed by atoms with Crippen LogP contribution >= 0.6 is 11.6 Å².